The lowest BCUT2D eigenvalue weighted by Crippen LogP contribution is -2.42. The van der Waals surface area contributed by atoms with E-state index < -0.39 is 0 Å². The van der Waals surface area contributed by atoms with Gasteiger partial charge in [0.15, 0.2) is 0 Å². The van der Waals surface area contributed by atoms with E-state index in [1.54, 1.807) is 6.07 Å². The quantitative estimate of drug-likeness (QED) is 0.535. The molecule has 1 unspecified atom stereocenters. The third-order valence-corrected chi connectivity index (χ3v) is 4.91. The number of likely N-dealkylation sites (tertiary alicyclic amines) is 1. The molecule has 3 N–H and O–H groups in total. The van der Waals surface area contributed by atoms with E-state index in [1.165, 1.54) is 0 Å². The molecule has 5 nitrogen and oxygen atoms in total. The van der Waals surface area contributed by atoms with Crippen LogP contribution in [0.1, 0.15) is 23.2 Å². The van der Waals surface area contributed by atoms with Crippen LogP contribution in [0.25, 0.3) is 0 Å². The number of rotatable bonds is 4. The van der Waals surface area contributed by atoms with Crippen LogP contribution in [0.3, 0.4) is 0 Å². The van der Waals surface area contributed by atoms with Crippen LogP contribution in [0, 0.1) is 7.14 Å². The molecule has 1 saturated heterocycles. The normalized spacial score (nSPS) is 19.5. The Labute approximate surface area is 151 Å². The second kappa shape index (κ2) is 7.93. The van der Waals surface area contributed by atoms with Crippen molar-refractivity contribution in [2.24, 2.45) is 0 Å². The van der Waals surface area contributed by atoms with Gasteiger partial charge >= 0.3 is 0 Å². The number of carbonyl (C=O) groups excluding carboxylic acids is 1. The lowest BCUT2D eigenvalue weighted by Gasteiger charge is -2.29. The van der Waals surface area contributed by atoms with Crippen molar-refractivity contribution in [3.63, 3.8) is 0 Å². The highest BCUT2D eigenvalue weighted by Crippen LogP contribution is 2.26. The van der Waals surface area contributed by atoms with E-state index >= 15 is 0 Å². The minimum absolute atomic E-state index is 0.0295. The van der Waals surface area contributed by atoms with E-state index in [0.29, 0.717) is 28.8 Å². The van der Waals surface area contributed by atoms with Crippen molar-refractivity contribution in [1.82, 2.24) is 10.2 Å². The molecule has 0 aromatic heterocycles. The molecule has 116 valence electrons. The Balaban J connectivity index is 1.87. The lowest BCUT2D eigenvalue weighted by atomic mass is 10.1. The van der Waals surface area contributed by atoms with Gasteiger partial charge < -0.3 is 15.5 Å². The van der Waals surface area contributed by atoms with E-state index in [9.17, 15) is 15.0 Å². The number of piperidine rings is 1. The second-order valence-corrected chi connectivity index (χ2v) is 7.54. The van der Waals surface area contributed by atoms with E-state index in [0.717, 1.165) is 23.0 Å². The number of benzene rings is 1. The van der Waals surface area contributed by atoms with Crippen LogP contribution in [0.5, 0.6) is 5.75 Å². The van der Waals surface area contributed by atoms with Gasteiger partial charge in [-0.15, -0.1) is 0 Å². The topological polar surface area (TPSA) is 72.8 Å². The smallest absolute Gasteiger partial charge is 0.255 e. The van der Waals surface area contributed by atoms with Gasteiger partial charge in [-0.3, -0.25) is 9.69 Å². The number of nitrogens with zero attached hydrogens (tertiary/aromatic N) is 1. The van der Waals surface area contributed by atoms with Crippen molar-refractivity contribution in [1.29, 1.82) is 0 Å². The van der Waals surface area contributed by atoms with Gasteiger partial charge in [-0.05, 0) is 76.7 Å². The zero-order chi connectivity index (χ0) is 15.4. The summed E-state index contributed by atoms with van der Waals surface area (Å²) < 4.78 is 1.59. The average molecular weight is 516 g/mol. The molecular weight excluding hydrogens is 498 g/mol. The Hall–Kier alpha value is -0.130. The molecule has 21 heavy (non-hydrogen) atoms. The van der Waals surface area contributed by atoms with Crippen molar-refractivity contribution in [3.05, 3.63) is 24.8 Å². The summed E-state index contributed by atoms with van der Waals surface area (Å²) in [6, 6.07) is 3.50. The molecule has 1 fully saturated rings. The fourth-order valence-corrected chi connectivity index (χ4v) is 4.24. The molecule has 1 amide bonds. The molecule has 0 bridgehead atoms. The maximum Gasteiger partial charge on any atom is 0.255 e. The molecular formula is C14H18I2N2O3. The third-order valence-electron chi connectivity index (χ3n) is 3.47. The van der Waals surface area contributed by atoms with Crippen molar-refractivity contribution in [2.75, 3.05) is 26.2 Å². The highest BCUT2D eigenvalue weighted by atomic mass is 127. The van der Waals surface area contributed by atoms with Crippen LogP contribution in [-0.2, 0) is 0 Å². The predicted octanol–water partition coefficient (Wildman–Crippen LogP) is 1.79. The predicted molar refractivity (Wildman–Crippen MR) is 97.6 cm³/mol. The Kier molecular flexibility index (Phi) is 6.51. The lowest BCUT2D eigenvalue weighted by molar-refractivity contribution is 0.0702. The average Bonchev–Trinajstić information content (AvgIpc) is 2.42. The fraction of sp³-hybridized carbons (Fsp3) is 0.500. The molecule has 0 spiro atoms. The van der Waals surface area contributed by atoms with E-state index in [2.05, 4.69) is 32.8 Å². The first kappa shape index (κ1) is 17.2. The molecule has 2 rings (SSSR count). The number of β-amino-alcohol motifs (C(OH)–C–C–N with tert-alkyl or cyclic N) is 1. The standard InChI is InChI=1S/C14H18I2N2O3/c15-9-6-11(13(20)12(16)7-9)14(21)17-3-5-18-4-1-2-10(19)8-18/h6-7,10,19-20H,1-5,8H2,(H,17,21). The van der Waals surface area contributed by atoms with Gasteiger partial charge in [-0.1, -0.05) is 0 Å². The van der Waals surface area contributed by atoms with E-state index in [-0.39, 0.29) is 17.8 Å². The first-order valence-corrected chi connectivity index (χ1v) is 8.99. The summed E-state index contributed by atoms with van der Waals surface area (Å²) in [4.78, 5) is 14.3. The molecule has 1 aliphatic rings. The summed E-state index contributed by atoms with van der Waals surface area (Å²) in [5.74, 6) is -0.233. The maximum atomic E-state index is 12.1. The first-order valence-electron chi connectivity index (χ1n) is 6.84. The van der Waals surface area contributed by atoms with Gasteiger partial charge in [0, 0.05) is 23.2 Å². The van der Waals surface area contributed by atoms with Crippen LogP contribution in [0.2, 0.25) is 0 Å². The van der Waals surface area contributed by atoms with Crippen molar-refractivity contribution in [3.8, 4) is 5.75 Å². The number of aliphatic hydroxyl groups is 1. The number of phenolic OH excluding ortho intramolecular Hbond substituents is 1. The summed E-state index contributed by atoms with van der Waals surface area (Å²) in [6.07, 6.45) is 1.60. The van der Waals surface area contributed by atoms with Gasteiger partial charge in [-0.2, -0.15) is 0 Å². The molecule has 1 atom stereocenters. The monoisotopic (exact) mass is 516 g/mol. The molecule has 0 saturated carbocycles. The SMILES string of the molecule is O=C(NCCN1CCCC(O)C1)c1cc(I)cc(I)c1O. The summed E-state index contributed by atoms with van der Waals surface area (Å²) >= 11 is 4.14. The molecule has 1 aromatic rings. The second-order valence-electron chi connectivity index (χ2n) is 5.14. The minimum atomic E-state index is -0.263. The summed E-state index contributed by atoms with van der Waals surface area (Å²) in [6.45, 7) is 2.85. The first-order chi connectivity index (χ1) is 9.97. The molecule has 1 aromatic carbocycles. The number of phenols is 1. The molecule has 7 heteroatoms. The fourth-order valence-electron chi connectivity index (χ4n) is 2.40. The molecule has 0 radical (unpaired) electrons. The summed E-state index contributed by atoms with van der Waals surface area (Å²) in [5.41, 5.74) is 0.310. The van der Waals surface area contributed by atoms with Gasteiger partial charge in [0.05, 0.1) is 15.2 Å². The zero-order valence-corrected chi connectivity index (χ0v) is 15.8. The number of hydrogen-bond donors (Lipinski definition) is 3. The number of aliphatic hydroxyl groups excluding tert-OH is 1. The Morgan fingerprint density at radius 2 is 2.19 bits per heavy atom. The van der Waals surface area contributed by atoms with E-state index in [4.69, 9.17) is 0 Å². The van der Waals surface area contributed by atoms with Crippen LogP contribution >= 0.6 is 45.2 Å². The van der Waals surface area contributed by atoms with Gasteiger partial charge in [-0.25, -0.2) is 0 Å². The van der Waals surface area contributed by atoms with Crippen LogP contribution in [0.15, 0.2) is 12.1 Å². The maximum absolute atomic E-state index is 12.1. The number of hydrogen-bond acceptors (Lipinski definition) is 4. The summed E-state index contributed by atoms with van der Waals surface area (Å²) in [5, 5.41) is 22.4. The molecule has 1 heterocycles. The highest BCUT2D eigenvalue weighted by molar-refractivity contribution is 14.1. The van der Waals surface area contributed by atoms with Gasteiger partial charge in [0.2, 0.25) is 0 Å². The Morgan fingerprint density at radius 3 is 2.90 bits per heavy atom. The number of halogens is 2. The number of carbonyl (C=O) groups is 1. The minimum Gasteiger partial charge on any atom is -0.506 e. The number of amides is 1. The van der Waals surface area contributed by atoms with Crippen LogP contribution < -0.4 is 5.32 Å². The van der Waals surface area contributed by atoms with E-state index in [1.807, 2.05) is 28.7 Å². The summed E-state index contributed by atoms with van der Waals surface area (Å²) in [7, 11) is 0. The zero-order valence-electron chi connectivity index (χ0n) is 11.5. The number of nitrogens with one attached hydrogen (secondary N) is 1. The molecule has 1 aliphatic heterocycles. The largest absolute Gasteiger partial charge is 0.506 e. The van der Waals surface area contributed by atoms with Crippen LogP contribution in [0.4, 0.5) is 0 Å². The molecule has 0 aliphatic carbocycles. The van der Waals surface area contributed by atoms with Gasteiger partial charge in [0.25, 0.3) is 5.91 Å². The van der Waals surface area contributed by atoms with Crippen LogP contribution in [-0.4, -0.2) is 53.3 Å². The van der Waals surface area contributed by atoms with Crippen molar-refractivity contribution < 1.29 is 15.0 Å². The van der Waals surface area contributed by atoms with Crippen molar-refractivity contribution in [2.45, 2.75) is 18.9 Å². The third kappa shape index (κ3) is 4.93. The Bertz CT molecular complexity index is 525. The Morgan fingerprint density at radius 1 is 1.43 bits per heavy atom. The number of aromatic hydroxyl groups is 1. The van der Waals surface area contributed by atoms with Gasteiger partial charge in [0.1, 0.15) is 5.75 Å². The highest BCUT2D eigenvalue weighted by Gasteiger charge is 2.18. The van der Waals surface area contributed by atoms with Crippen molar-refractivity contribution >= 4 is 51.1 Å².